The van der Waals surface area contributed by atoms with Gasteiger partial charge in [-0.15, -0.1) is 0 Å². The average Bonchev–Trinajstić information content (AvgIpc) is 2.58. The number of carbonyl (C=O) groups is 1. The van der Waals surface area contributed by atoms with Crippen LogP contribution in [-0.2, 0) is 21.4 Å². The molecule has 0 aliphatic rings. The minimum absolute atomic E-state index is 0.198. The van der Waals surface area contributed by atoms with Crippen LogP contribution in [0.3, 0.4) is 0 Å². The topological polar surface area (TPSA) is 90.3 Å². The molecule has 25 heavy (non-hydrogen) atoms. The molecular weight excluding hydrogens is 362 g/mol. The number of amides is 1. The molecule has 1 N–H and O–H groups in total. The lowest BCUT2D eigenvalue weighted by atomic mass is 10.2. The second-order valence-electron chi connectivity index (χ2n) is 5.30. The van der Waals surface area contributed by atoms with Crippen molar-refractivity contribution in [3.63, 3.8) is 0 Å². The van der Waals surface area contributed by atoms with Crippen molar-refractivity contribution in [1.82, 2.24) is 5.32 Å². The van der Waals surface area contributed by atoms with Crippen LogP contribution in [0, 0.1) is 11.3 Å². The zero-order chi connectivity index (χ0) is 18.4. The van der Waals surface area contributed by atoms with E-state index in [2.05, 4.69) is 5.32 Å². The van der Waals surface area contributed by atoms with E-state index >= 15 is 0 Å². The molecule has 1 amide bonds. The van der Waals surface area contributed by atoms with Crippen LogP contribution in [0.1, 0.15) is 11.1 Å². The van der Waals surface area contributed by atoms with Gasteiger partial charge in [-0.3, -0.25) is 9.10 Å². The number of sulfonamides is 1. The summed E-state index contributed by atoms with van der Waals surface area (Å²) in [5.74, 6) is -0.463. The Morgan fingerprint density at radius 3 is 2.40 bits per heavy atom. The highest BCUT2D eigenvalue weighted by Gasteiger charge is 2.20. The monoisotopic (exact) mass is 377 g/mol. The van der Waals surface area contributed by atoms with Gasteiger partial charge < -0.3 is 5.32 Å². The van der Waals surface area contributed by atoms with Gasteiger partial charge in [0, 0.05) is 11.6 Å². The van der Waals surface area contributed by atoms with Crippen LogP contribution in [-0.4, -0.2) is 27.1 Å². The predicted molar refractivity (Wildman–Crippen MR) is 96.6 cm³/mol. The van der Waals surface area contributed by atoms with Gasteiger partial charge in [0.05, 0.1) is 23.6 Å². The van der Waals surface area contributed by atoms with E-state index in [1.165, 1.54) is 24.3 Å². The first kappa shape index (κ1) is 18.8. The molecule has 0 aliphatic heterocycles. The first-order valence-electron chi connectivity index (χ1n) is 7.29. The molecule has 0 bridgehead atoms. The number of anilines is 1. The van der Waals surface area contributed by atoms with Crippen LogP contribution in [0.4, 0.5) is 5.69 Å². The normalized spacial score (nSPS) is 10.8. The lowest BCUT2D eigenvalue weighted by Gasteiger charge is -2.22. The molecule has 0 saturated heterocycles. The Balaban J connectivity index is 2.10. The molecule has 0 heterocycles. The molecule has 0 aliphatic carbocycles. The number of nitriles is 1. The smallest absolute Gasteiger partial charge is 0.241 e. The summed E-state index contributed by atoms with van der Waals surface area (Å²) in [6.45, 7) is -0.168. The van der Waals surface area contributed by atoms with E-state index in [0.717, 1.165) is 16.1 Å². The van der Waals surface area contributed by atoms with E-state index in [1.54, 1.807) is 24.3 Å². The molecule has 2 aromatic rings. The maximum absolute atomic E-state index is 12.2. The number of rotatable bonds is 6. The van der Waals surface area contributed by atoms with Crippen LogP contribution in [0.25, 0.3) is 0 Å². The lowest BCUT2D eigenvalue weighted by Crippen LogP contribution is -2.40. The molecule has 0 fully saturated rings. The highest BCUT2D eigenvalue weighted by Crippen LogP contribution is 2.18. The summed E-state index contributed by atoms with van der Waals surface area (Å²) in [6, 6.07) is 15.0. The molecule has 0 radical (unpaired) electrons. The van der Waals surface area contributed by atoms with Gasteiger partial charge in [-0.25, -0.2) is 8.42 Å². The summed E-state index contributed by atoms with van der Waals surface area (Å²) in [7, 11) is -3.66. The number of hydrogen-bond donors (Lipinski definition) is 1. The summed E-state index contributed by atoms with van der Waals surface area (Å²) in [6.07, 6.45) is 1.02. The molecule has 130 valence electrons. The number of nitrogens with zero attached hydrogens (tertiary/aromatic N) is 2. The van der Waals surface area contributed by atoms with Crippen molar-refractivity contribution in [2.45, 2.75) is 6.54 Å². The number of hydrogen-bond acceptors (Lipinski definition) is 4. The third kappa shape index (κ3) is 5.21. The van der Waals surface area contributed by atoms with Gasteiger partial charge >= 0.3 is 0 Å². The molecule has 0 saturated carbocycles. The Bertz CT molecular complexity index is 905. The van der Waals surface area contributed by atoms with E-state index in [1.807, 2.05) is 6.07 Å². The van der Waals surface area contributed by atoms with Crippen LogP contribution in [0.5, 0.6) is 0 Å². The van der Waals surface area contributed by atoms with Crippen LogP contribution in [0.15, 0.2) is 48.5 Å². The van der Waals surface area contributed by atoms with E-state index in [4.69, 9.17) is 16.9 Å². The quantitative estimate of drug-likeness (QED) is 0.836. The molecule has 6 nitrogen and oxygen atoms in total. The first-order chi connectivity index (χ1) is 11.8. The highest BCUT2D eigenvalue weighted by molar-refractivity contribution is 7.92. The Labute approximate surface area is 151 Å². The van der Waals surface area contributed by atoms with E-state index in [0.29, 0.717) is 16.3 Å². The third-order valence-electron chi connectivity index (χ3n) is 3.41. The summed E-state index contributed by atoms with van der Waals surface area (Å²) in [5.41, 5.74) is 1.46. The minimum Gasteiger partial charge on any atom is -0.350 e. The van der Waals surface area contributed by atoms with Gasteiger partial charge in [-0.05, 0) is 35.9 Å². The predicted octanol–water partition coefficient (Wildman–Crippen LogP) is 2.29. The molecule has 0 spiro atoms. The Hall–Kier alpha value is -2.56. The Kier molecular flexibility index (Phi) is 6.02. The van der Waals surface area contributed by atoms with Gasteiger partial charge in [0.25, 0.3) is 0 Å². The second kappa shape index (κ2) is 8.01. The van der Waals surface area contributed by atoms with Crippen molar-refractivity contribution in [3.8, 4) is 6.07 Å². The molecule has 8 heteroatoms. The van der Waals surface area contributed by atoms with Gasteiger partial charge in [-0.1, -0.05) is 29.8 Å². The summed E-state index contributed by atoms with van der Waals surface area (Å²) < 4.78 is 25.0. The number of carbonyl (C=O) groups excluding carboxylic acids is 1. The van der Waals surface area contributed by atoms with Crippen LogP contribution >= 0.6 is 11.6 Å². The minimum atomic E-state index is -3.66. The van der Waals surface area contributed by atoms with Crippen LogP contribution in [0.2, 0.25) is 5.02 Å². The summed E-state index contributed by atoms with van der Waals surface area (Å²) in [4.78, 5) is 12.2. The molecule has 0 atom stereocenters. The fourth-order valence-corrected chi connectivity index (χ4v) is 3.18. The Morgan fingerprint density at radius 1 is 1.20 bits per heavy atom. The van der Waals surface area contributed by atoms with Gasteiger partial charge in [0.15, 0.2) is 0 Å². The molecule has 2 aromatic carbocycles. The van der Waals surface area contributed by atoms with Gasteiger partial charge in [-0.2, -0.15) is 5.26 Å². The SMILES string of the molecule is CS(=O)(=O)N(CC(=O)NCc1ccccc1Cl)c1ccc(C#N)cc1. The maximum Gasteiger partial charge on any atom is 0.241 e. The van der Waals surface area contributed by atoms with Crippen molar-refractivity contribution in [2.24, 2.45) is 0 Å². The standard InChI is InChI=1S/C17H16ClN3O3S/c1-25(23,24)21(15-8-6-13(10-19)7-9-15)12-17(22)20-11-14-4-2-3-5-16(14)18/h2-9H,11-12H2,1H3,(H,20,22). The van der Waals surface area contributed by atoms with Crippen molar-refractivity contribution in [1.29, 1.82) is 5.26 Å². The van der Waals surface area contributed by atoms with Crippen molar-refractivity contribution < 1.29 is 13.2 Å². The van der Waals surface area contributed by atoms with Gasteiger partial charge in [0.1, 0.15) is 6.54 Å². The van der Waals surface area contributed by atoms with E-state index in [-0.39, 0.29) is 13.1 Å². The lowest BCUT2D eigenvalue weighted by molar-refractivity contribution is -0.119. The number of benzene rings is 2. The largest absolute Gasteiger partial charge is 0.350 e. The average molecular weight is 378 g/mol. The van der Waals surface area contributed by atoms with E-state index in [9.17, 15) is 13.2 Å². The maximum atomic E-state index is 12.2. The zero-order valence-electron chi connectivity index (χ0n) is 13.4. The molecule has 0 aromatic heterocycles. The van der Waals surface area contributed by atoms with Crippen molar-refractivity contribution in [3.05, 3.63) is 64.7 Å². The van der Waals surface area contributed by atoms with Gasteiger partial charge in [0.2, 0.25) is 15.9 Å². The third-order valence-corrected chi connectivity index (χ3v) is 4.92. The van der Waals surface area contributed by atoms with Crippen molar-refractivity contribution in [2.75, 3.05) is 17.1 Å². The summed E-state index contributed by atoms with van der Waals surface area (Å²) in [5, 5.41) is 12.0. The first-order valence-corrected chi connectivity index (χ1v) is 9.52. The Morgan fingerprint density at radius 2 is 1.84 bits per heavy atom. The number of nitrogens with one attached hydrogen (secondary N) is 1. The van der Waals surface area contributed by atoms with E-state index < -0.39 is 15.9 Å². The zero-order valence-corrected chi connectivity index (χ0v) is 15.0. The fraction of sp³-hybridized carbons (Fsp3) is 0.176. The molecular formula is C17H16ClN3O3S. The van der Waals surface area contributed by atoms with Crippen LogP contribution < -0.4 is 9.62 Å². The van der Waals surface area contributed by atoms with Crippen molar-refractivity contribution >= 4 is 33.2 Å². The summed E-state index contributed by atoms with van der Waals surface area (Å²) >= 11 is 6.03. The fourth-order valence-electron chi connectivity index (χ4n) is 2.12. The number of halogens is 1. The molecule has 2 rings (SSSR count). The molecule has 0 unspecified atom stereocenters. The highest BCUT2D eigenvalue weighted by atomic mass is 35.5. The second-order valence-corrected chi connectivity index (χ2v) is 7.61.